The Bertz CT molecular complexity index is 856. The fourth-order valence-electron chi connectivity index (χ4n) is 2.26. The van der Waals surface area contributed by atoms with Gasteiger partial charge in [-0.25, -0.2) is 8.42 Å². The summed E-state index contributed by atoms with van der Waals surface area (Å²) in [7, 11) is -0.564. The molecule has 0 radical (unpaired) electrons. The van der Waals surface area contributed by atoms with Crippen molar-refractivity contribution in [2.24, 2.45) is 0 Å². The smallest absolute Gasteiger partial charge is 0.239 e. The Morgan fingerprint density at radius 1 is 1.12 bits per heavy atom. The molecule has 1 aromatic heterocycles. The molecule has 1 heterocycles. The van der Waals surface area contributed by atoms with Gasteiger partial charge in [0.15, 0.2) is 11.5 Å². The van der Waals surface area contributed by atoms with E-state index in [1.54, 1.807) is 42.7 Å². The van der Waals surface area contributed by atoms with Gasteiger partial charge < -0.3 is 14.8 Å². The number of anilines is 1. The van der Waals surface area contributed by atoms with Gasteiger partial charge in [-0.3, -0.25) is 9.78 Å². The van der Waals surface area contributed by atoms with Crippen LogP contribution in [0.5, 0.6) is 11.5 Å². The molecule has 2 aromatic rings. The van der Waals surface area contributed by atoms with Crippen molar-refractivity contribution in [3.8, 4) is 11.5 Å². The average Bonchev–Trinajstić information content (AvgIpc) is 2.61. The average molecular weight is 379 g/mol. The van der Waals surface area contributed by atoms with Gasteiger partial charge in [-0.15, -0.1) is 0 Å². The minimum Gasteiger partial charge on any atom is -0.493 e. The minimum atomic E-state index is -3.57. The van der Waals surface area contributed by atoms with Gasteiger partial charge >= 0.3 is 0 Å². The number of nitrogens with one attached hydrogen (secondary N) is 1. The first-order chi connectivity index (χ1) is 12.3. The first kappa shape index (κ1) is 19.7. The highest BCUT2D eigenvalue weighted by atomic mass is 32.2. The zero-order valence-electron chi connectivity index (χ0n) is 14.8. The molecule has 26 heavy (non-hydrogen) atoms. The molecule has 9 heteroatoms. The van der Waals surface area contributed by atoms with Gasteiger partial charge in [-0.2, -0.15) is 4.31 Å². The van der Waals surface area contributed by atoms with E-state index >= 15 is 0 Å². The van der Waals surface area contributed by atoms with Crippen LogP contribution in [0, 0.1) is 0 Å². The number of hydrogen-bond donors (Lipinski definition) is 1. The van der Waals surface area contributed by atoms with Crippen LogP contribution in [0.3, 0.4) is 0 Å². The van der Waals surface area contributed by atoms with Crippen molar-refractivity contribution < 1.29 is 22.7 Å². The van der Waals surface area contributed by atoms with Crippen LogP contribution in [-0.2, 0) is 21.4 Å². The molecule has 1 amide bonds. The summed E-state index contributed by atoms with van der Waals surface area (Å²) >= 11 is 0. The van der Waals surface area contributed by atoms with E-state index in [1.165, 1.54) is 14.2 Å². The summed E-state index contributed by atoms with van der Waals surface area (Å²) in [5.41, 5.74) is 1.22. The van der Waals surface area contributed by atoms with E-state index in [2.05, 4.69) is 10.3 Å². The molecule has 1 N–H and O–H groups in total. The number of rotatable bonds is 8. The van der Waals surface area contributed by atoms with Gasteiger partial charge in [-0.05, 0) is 29.8 Å². The zero-order chi connectivity index (χ0) is 19.2. The molecule has 0 bridgehead atoms. The standard InChI is InChI=1S/C17H21N3O5S/c1-24-15-5-4-14(10-16(15)25-2)19-17(21)12-20(26(3,22)23)11-13-6-8-18-9-7-13/h4-10H,11-12H2,1-3H3,(H,19,21). The van der Waals surface area contributed by atoms with Crippen LogP contribution in [0.1, 0.15) is 5.56 Å². The van der Waals surface area contributed by atoms with Crippen LogP contribution in [-0.4, -0.2) is 50.6 Å². The Labute approximate surface area is 152 Å². The normalized spacial score (nSPS) is 11.2. The first-order valence-electron chi connectivity index (χ1n) is 7.69. The summed E-state index contributed by atoms with van der Waals surface area (Å²) < 4.78 is 35.4. The molecule has 0 saturated carbocycles. The van der Waals surface area contributed by atoms with E-state index in [9.17, 15) is 13.2 Å². The van der Waals surface area contributed by atoms with Crippen molar-refractivity contribution in [3.05, 3.63) is 48.3 Å². The molecule has 0 saturated heterocycles. The van der Waals surface area contributed by atoms with E-state index in [4.69, 9.17) is 9.47 Å². The van der Waals surface area contributed by atoms with Gasteiger partial charge in [0.05, 0.1) is 27.0 Å². The number of sulfonamides is 1. The third-order valence-corrected chi connectivity index (χ3v) is 4.76. The predicted molar refractivity (Wildman–Crippen MR) is 97.7 cm³/mol. The minimum absolute atomic E-state index is 0.0840. The summed E-state index contributed by atoms with van der Waals surface area (Å²) in [5.74, 6) is 0.528. The fraction of sp³-hybridized carbons (Fsp3) is 0.294. The predicted octanol–water partition coefficient (Wildman–Crippen LogP) is 1.50. The highest BCUT2D eigenvalue weighted by Gasteiger charge is 2.21. The van der Waals surface area contributed by atoms with Crippen molar-refractivity contribution in [1.82, 2.24) is 9.29 Å². The topological polar surface area (TPSA) is 97.8 Å². The van der Waals surface area contributed by atoms with Gasteiger partial charge in [0.25, 0.3) is 0 Å². The fourth-order valence-corrected chi connectivity index (χ4v) is 2.99. The third kappa shape index (κ3) is 5.43. The molecule has 8 nitrogen and oxygen atoms in total. The maximum absolute atomic E-state index is 12.3. The number of methoxy groups -OCH3 is 2. The van der Waals surface area contributed by atoms with Crippen molar-refractivity contribution in [3.63, 3.8) is 0 Å². The summed E-state index contributed by atoms with van der Waals surface area (Å²) in [5, 5.41) is 2.66. The van der Waals surface area contributed by atoms with Crippen molar-refractivity contribution >= 4 is 21.6 Å². The summed E-state index contributed by atoms with van der Waals surface area (Å²) in [6.45, 7) is -0.226. The second-order valence-corrected chi connectivity index (χ2v) is 7.49. The Hall–Kier alpha value is -2.65. The van der Waals surface area contributed by atoms with Gasteiger partial charge in [0.2, 0.25) is 15.9 Å². The Kier molecular flexibility index (Phi) is 6.53. The largest absolute Gasteiger partial charge is 0.493 e. The molecule has 1 aromatic carbocycles. The highest BCUT2D eigenvalue weighted by Crippen LogP contribution is 2.29. The Morgan fingerprint density at radius 3 is 2.35 bits per heavy atom. The summed E-state index contributed by atoms with van der Waals surface area (Å²) in [4.78, 5) is 16.2. The van der Waals surface area contributed by atoms with Gasteiger partial charge in [0.1, 0.15) is 0 Å². The molecule has 0 aliphatic carbocycles. The number of hydrogen-bond acceptors (Lipinski definition) is 6. The maximum Gasteiger partial charge on any atom is 0.239 e. The second kappa shape index (κ2) is 8.63. The van der Waals surface area contributed by atoms with Crippen LogP contribution in [0.25, 0.3) is 0 Å². The molecule has 0 aliphatic rings. The number of carbonyl (C=O) groups is 1. The first-order valence-corrected chi connectivity index (χ1v) is 9.54. The van der Waals surface area contributed by atoms with Gasteiger partial charge in [0, 0.05) is 30.7 Å². The van der Waals surface area contributed by atoms with Crippen LogP contribution in [0.2, 0.25) is 0 Å². The maximum atomic E-state index is 12.3. The van der Waals surface area contributed by atoms with E-state index < -0.39 is 15.9 Å². The van der Waals surface area contributed by atoms with E-state index in [0.29, 0.717) is 17.2 Å². The Morgan fingerprint density at radius 2 is 1.77 bits per heavy atom. The lowest BCUT2D eigenvalue weighted by atomic mass is 10.2. The molecule has 0 fully saturated rings. The van der Waals surface area contributed by atoms with E-state index in [-0.39, 0.29) is 13.1 Å². The third-order valence-electron chi connectivity index (χ3n) is 3.56. The molecular formula is C17H21N3O5S. The summed E-state index contributed by atoms with van der Waals surface area (Å²) in [6.07, 6.45) is 4.21. The Balaban J connectivity index is 2.10. The molecule has 0 atom stereocenters. The summed E-state index contributed by atoms with van der Waals surface area (Å²) in [6, 6.07) is 8.30. The van der Waals surface area contributed by atoms with Crippen LogP contribution >= 0.6 is 0 Å². The quantitative estimate of drug-likeness (QED) is 0.746. The van der Waals surface area contributed by atoms with Crippen molar-refractivity contribution in [2.75, 3.05) is 32.3 Å². The second-order valence-electron chi connectivity index (χ2n) is 5.50. The molecule has 140 valence electrons. The zero-order valence-corrected chi connectivity index (χ0v) is 15.6. The molecule has 0 spiro atoms. The number of carbonyl (C=O) groups excluding carboxylic acids is 1. The van der Waals surface area contributed by atoms with Crippen LogP contribution in [0.15, 0.2) is 42.7 Å². The number of nitrogens with zero attached hydrogens (tertiary/aromatic N) is 2. The van der Waals surface area contributed by atoms with E-state index in [0.717, 1.165) is 16.1 Å². The number of benzene rings is 1. The molecule has 2 rings (SSSR count). The van der Waals surface area contributed by atoms with E-state index in [1.807, 2.05) is 0 Å². The lowest BCUT2D eigenvalue weighted by Crippen LogP contribution is -2.36. The number of pyridine rings is 1. The number of ether oxygens (including phenoxy) is 2. The molecular weight excluding hydrogens is 358 g/mol. The lowest BCUT2D eigenvalue weighted by Gasteiger charge is -2.19. The molecule has 0 aliphatic heterocycles. The monoisotopic (exact) mass is 379 g/mol. The van der Waals surface area contributed by atoms with Gasteiger partial charge in [-0.1, -0.05) is 0 Å². The van der Waals surface area contributed by atoms with Crippen LogP contribution < -0.4 is 14.8 Å². The molecule has 0 unspecified atom stereocenters. The SMILES string of the molecule is COc1ccc(NC(=O)CN(Cc2ccncc2)S(C)(=O)=O)cc1OC. The van der Waals surface area contributed by atoms with Crippen LogP contribution in [0.4, 0.5) is 5.69 Å². The number of aromatic nitrogens is 1. The lowest BCUT2D eigenvalue weighted by molar-refractivity contribution is -0.116. The number of amides is 1. The van der Waals surface area contributed by atoms with Crippen molar-refractivity contribution in [1.29, 1.82) is 0 Å². The highest BCUT2D eigenvalue weighted by molar-refractivity contribution is 7.88. The van der Waals surface area contributed by atoms with Crippen molar-refractivity contribution in [2.45, 2.75) is 6.54 Å².